The van der Waals surface area contributed by atoms with E-state index >= 15 is 0 Å². The number of carbonyl (C=O) groups is 1. The van der Waals surface area contributed by atoms with Gasteiger partial charge < -0.3 is 9.88 Å². The minimum atomic E-state index is -0.254. The predicted molar refractivity (Wildman–Crippen MR) is 106 cm³/mol. The molecule has 1 aromatic heterocycles. The summed E-state index contributed by atoms with van der Waals surface area (Å²) in [7, 11) is 0. The number of thioether (sulfide) groups is 1. The summed E-state index contributed by atoms with van der Waals surface area (Å²) in [6.45, 7) is 4.84. The molecule has 0 unspecified atom stereocenters. The molecular weight excluding hydrogens is 344 g/mol. The van der Waals surface area contributed by atoms with Gasteiger partial charge in [-0.25, -0.2) is 0 Å². The van der Waals surface area contributed by atoms with Crippen LogP contribution in [0.15, 0.2) is 47.6 Å². The van der Waals surface area contributed by atoms with Gasteiger partial charge in [0.2, 0.25) is 5.91 Å². The number of hydrogen-bond donors (Lipinski definition) is 1. The summed E-state index contributed by atoms with van der Waals surface area (Å²) in [5.41, 5.74) is 0.844. The maximum Gasteiger partial charge on any atom is 0.237 e. The molecule has 2 aromatic carbocycles. The second-order valence-electron chi connectivity index (χ2n) is 6.64. The highest BCUT2D eigenvalue weighted by molar-refractivity contribution is 8.00. The number of rotatable bonds is 6. The first-order valence-corrected chi connectivity index (χ1v) is 9.93. The smallest absolute Gasteiger partial charge is 0.237 e. The summed E-state index contributed by atoms with van der Waals surface area (Å²) in [6, 6.07) is 14.0. The topological polar surface area (TPSA) is 59.8 Å². The molecule has 0 aliphatic heterocycles. The van der Waals surface area contributed by atoms with E-state index in [1.807, 2.05) is 49.4 Å². The fourth-order valence-electron chi connectivity index (χ4n) is 3.11. The van der Waals surface area contributed by atoms with Gasteiger partial charge in [-0.05, 0) is 38.1 Å². The first-order chi connectivity index (χ1) is 12.7. The molecule has 4 rings (SSSR count). The SMILES string of the molecule is CCn1c(S[C@H](C)C(=O)Nc2cccc3ccccc23)nnc1C1CC1. The Morgan fingerprint density at radius 2 is 2.00 bits per heavy atom. The van der Waals surface area contributed by atoms with Gasteiger partial charge in [0.05, 0.1) is 5.25 Å². The zero-order valence-corrected chi connectivity index (χ0v) is 15.8. The maximum atomic E-state index is 12.7. The van der Waals surface area contributed by atoms with E-state index in [0.29, 0.717) is 5.92 Å². The van der Waals surface area contributed by atoms with Gasteiger partial charge in [-0.15, -0.1) is 10.2 Å². The van der Waals surface area contributed by atoms with E-state index in [1.165, 1.54) is 24.6 Å². The normalized spacial score (nSPS) is 15.2. The van der Waals surface area contributed by atoms with Crippen LogP contribution in [0.2, 0.25) is 0 Å². The standard InChI is InChI=1S/C20H22N4OS/c1-3-24-18(15-11-12-15)22-23-20(24)26-13(2)19(25)21-17-10-6-8-14-7-4-5-9-16(14)17/h4-10,13,15H,3,11-12H2,1-2H3,(H,21,25)/t13-/m1/s1. The molecule has 1 N–H and O–H groups in total. The number of aromatic nitrogens is 3. The molecule has 0 radical (unpaired) electrons. The number of fused-ring (bicyclic) bond motifs is 1. The summed E-state index contributed by atoms with van der Waals surface area (Å²) >= 11 is 1.47. The van der Waals surface area contributed by atoms with E-state index < -0.39 is 0 Å². The lowest BCUT2D eigenvalue weighted by Crippen LogP contribution is -2.23. The molecule has 1 amide bonds. The van der Waals surface area contributed by atoms with Crippen molar-refractivity contribution < 1.29 is 4.79 Å². The second kappa shape index (κ2) is 7.11. The van der Waals surface area contributed by atoms with E-state index in [9.17, 15) is 4.79 Å². The van der Waals surface area contributed by atoms with Gasteiger partial charge in [0, 0.05) is 23.5 Å². The Morgan fingerprint density at radius 3 is 2.77 bits per heavy atom. The van der Waals surface area contributed by atoms with Gasteiger partial charge in [-0.2, -0.15) is 0 Å². The predicted octanol–water partition coefficient (Wildman–Crippen LogP) is 4.45. The van der Waals surface area contributed by atoms with Crippen LogP contribution >= 0.6 is 11.8 Å². The van der Waals surface area contributed by atoms with E-state index in [4.69, 9.17) is 0 Å². The maximum absolute atomic E-state index is 12.7. The van der Waals surface area contributed by atoms with Crippen molar-refractivity contribution in [3.05, 3.63) is 48.3 Å². The number of anilines is 1. The fraction of sp³-hybridized carbons (Fsp3) is 0.350. The van der Waals surface area contributed by atoms with E-state index in [2.05, 4.69) is 27.0 Å². The first kappa shape index (κ1) is 17.1. The van der Waals surface area contributed by atoms with Crippen LogP contribution in [0.3, 0.4) is 0 Å². The molecule has 0 saturated heterocycles. The zero-order valence-electron chi connectivity index (χ0n) is 15.0. The Balaban J connectivity index is 1.50. The number of amides is 1. The minimum Gasteiger partial charge on any atom is -0.325 e. The quantitative estimate of drug-likeness (QED) is 0.655. The first-order valence-electron chi connectivity index (χ1n) is 9.05. The molecule has 26 heavy (non-hydrogen) atoms. The average molecular weight is 366 g/mol. The van der Waals surface area contributed by atoms with Gasteiger partial charge in [0.1, 0.15) is 5.82 Å². The average Bonchev–Trinajstić information content (AvgIpc) is 3.43. The Hall–Kier alpha value is -2.34. The van der Waals surface area contributed by atoms with Gasteiger partial charge in [-0.3, -0.25) is 4.79 Å². The van der Waals surface area contributed by atoms with Crippen molar-refractivity contribution in [2.75, 3.05) is 5.32 Å². The van der Waals surface area contributed by atoms with Crippen LogP contribution in [-0.2, 0) is 11.3 Å². The summed E-state index contributed by atoms with van der Waals surface area (Å²) in [5.74, 6) is 1.60. The number of carbonyl (C=O) groups excluding carboxylic acids is 1. The summed E-state index contributed by atoms with van der Waals surface area (Å²) in [6.07, 6.45) is 2.39. The van der Waals surface area contributed by atoms with Crippen LogP contribution in [-0.4, -0.2) is 25.9 Å². The highest BCUT2D eigenvalue weighted by Crippen LogP contribution is 2.40. The summed E-state index contributed by atoms with van der Waals surface area (Å²) in [4.78, 5) is 12.7. The van der Waals surface area contributed by atoms with E-state index in [1.54, 1.807) is 0 Å². The molecule has 5 nitrogen and oxygen atoms in total. The molecule has 6 heteroatoms. The molecule has 0 spiro atoms. The van der Waals surface area contributed by atoms with Crippen LogP contribution < -0.4 is 5.32 Å². The zero-order chi connectivity index (χ0) is 18.1. The monoisotopic (exact) mass is 366 g/mol. The number of nitrogens with zero attached hydrogens (tertiary/aromatic N) is 3. The highest BCUT2D eigenvalue weighted by atomic mass is 32.2. The van der Waals surface area contributed by atoms with Crippen LogP contribution in [0, 0.1) is 0 Å². The van der Waals surface area contributed by atoms with Gasteiger partial charge >= 0.3 is 0 Å². The van der Waals surface area contributed by atoms with Crippen molar-refractivity contribution in [1.29, 1.82) is 0 Å². The largest absolute Gasteiger partial charge is 0.325 e. The molecule has 3 aromatic rings. The second-order valence-corrected chi connectivity index (χ2v) is 7.94. The molecule has 1 fully saturated rings. The fourth-order valence-corrected chi connectivity index (χ4v) is 4.03. The lowest BCUT2D eigenvalue weighted by atomic mass is 10.1. The highest BCUT2D eigenvalue weighted by Gasteiger charge is 2.30. The lowest BCUT2D eigenvalue weighted by molar-refractivity contribution is -0.115. The van der Waals surface area contributed by atoms with Crippen LogP contribution in [0.1, 0.15) is 38.4 Å². The van der Waals surface area contributed by atoms with Crippen molar-refractivity contribution >= 4 is 34.1 Å². The molecular formula is C20H22N4OS. The van der Waals surface area contributed by atoms with E-state index in [0.717, 1.165) is 34.0 Å². The third kappa shape index (κ3) is 3.33. The van der Waals surface area contributed by atoms with Crippen LogP contribution in [0.4, 0.5) is 5.69 Å². The lowest BCUT2D eigenvalue weighted by Gasteiger charge is -2.14. The van der Waals surface area contributed by atoms with Gasteiger partial charge in [-0.1, -0.05) is 48.2 Å². The molecule has 1 saturated carbocycles. The van der Waals surface area contributed by atoms with Crippen LogP contribution in [0.5, 0.6) is 0 Å². The number of benzene rings is 2. The van der Waals surface area contributed by atoms with Crippen molar-refractivity contribution in [3.8, 4) is 0 Å². The number of hydrogen-bond acceptors (Lipinski definition) is 4. The molecule has 0 bridgehead atoms. The van der Waals surface area contributed by atoms with E-state index in [-0.39, 0.29) is 11.2 Å². The summed E-state index contributed by atoms with van der Waals surface area (Å²) < 4.78 is 2.14. The van der Waals surface area contributed by atoms with Gasteiger partial charge in [0.15, 0.2) is 5.16 Å². The van der Waals surface area contributed by atoms with Crippen LogP contribution in [0.25, 0.3) is 10.8 Å². The van der Waals surface area contributed by atoms with Crippen molar-refractivity contribution in [2.24, 2.45) is 0 Å². The third-order valence-electron chi connectivity index (χ3n) is 4.70. The Labute approximate surface area is 157 Å². The summed E-state index contributed by atoms with van der Waals surface area (Å²) in [5, 5.41) is 14.5. The van der Waals surface area contributed by atoms with Crippen molar-refractivity contribution in [2.45, 2.75) is 49.6 Å². The van der Waals surface area contributed by atoms with Crippen molar-refractivity contribution in [1.82, 2.24) is 14.8 Å². The molecule has 134 valence electrons. The van der Waals surface area contributed by atoms with Gasteiger partial charge in [0.25, 0.3) is 0 Å². The Morgan fingerprint density at radius 1 is 1.23 bits per heavy atom. The third-order valence-corrected chi connectivity index (χ3v) is 5.78. The minimum absolute atomic E-state index is 0.0232. The molecule has 1 atom stereocenters. The molecule has 1 heterocycles. The molecule has 1 aliphatic carbocycles. The number of nitrogens with one attached hydrogen (secondary N) is 1. The molecule has 1 aliphatic rings. The Bertz CT molecular complexity index is 943. The Kier molecular flexibility index (Phi) is 4.68. The van der Waals surface area contributed by atoms with Crippen molar-refractivity contribution in [3.63, 3.8) is 0 Å².